The van der Waals surface area contributed by atoms with Gasteiger partial charge < -0.3 is 19.2 Å². The Morgan fingerprint density at radius 1 is 1.21 bits per heavy atom. The molecule has 0 aliphatic carbocycles. The Bertz CT molecular complexity index is 801. The van der Waals surface area contributed by atoms with Crippen LogP contribution < -0.4 is 10.1 Å². The van der Waals surface area contributed by atoms with E-state index in [1.807, 2.05) is 25.1 Å². The number of furan rings is 1. The van der Waals surface area contributed by atoms with E-state index in [2.05, 4.69) is 21.4 Å². The van der Waals surface area contributed by atoms with Gasteiger partial charge in [0.05, 0.1) is 19.5 Å². The third-order valence-electron chi connectivity index (χ3n) is 3.68. The van der Waals surface area contributed by atoms with Crippen LogP contribution in [0.1, 0.15) is 18.1 Å². The number of nitrogens with zero attached hydrogens (tertiary/aromatic N) is 2. The lowest BCUT2D eigenvalue weighted by atomic mass is 10.0. The predicted molar refractivity (Wildman–Crippen MR) is 92.3 cm³/mol. The van der Waals surface area contributed by atoms with Gasteiger partial charge in [0.1, 0.15) is 11.4 Å². The average Bonchev–Trinajstić information content (AvgIpc) is 3.03. The molecule has 1 N–H and O–H groups in total. The first kappa shape index (κ1) is 16.3. The van der Waals surface area contributed by atoms with Crippen LogP contribution in [0.5, 0.6) is 6.01 Å². The van der Waals surface area contributed by atoms with E-state index in [1.165, 1.54) is 5.56 Å². The molecule has 3 rings (SSSR count). The summed E-state index contributed by atoms with van der Waals surface area (Å²) < 4.78 is 16.1. The number of rotatable bonds is 8. The first-order valence-electron chi connectivity index (χ1n) is 7.98. The van der Waals surface area contributed by atoms with Gasteiger partial charge in [-0.3, -0.25) is 0 Å². The quantitative estimate of drug-likeness (QED) is 0.683. The highest BCUT2D eigenvalue weighted by atomic mass is 16.5. The van der Waals surface area contributed by atoms with Gasteiger partial charge in [-0.25, -0.2) is 4.98 Å². The van der Waals surface area contributed by atoms with Gasteiger partial charge in [-0.2, -0.15) is 4.98 Å². The normalized spacial score (nSPS) is 10.9. The summed E-state index contributed by atoms with van der Waals surface area (Å²) in [5.41, 5.74) is 3.26. The van der Waals surface area contributed by atoms with Crippen molar-refractivity contribution in [3.63, 3.8) is 0 Å². The van der Waals surface area contributed by atoms with Crippen LogP contribution >= 0.6 is 0 Å². The number of hydrogen-bond donors (Lipinski definition) is 1. The van der Waals surface area contributed by atoms with Gasteiger partial charge in [0, 0.05) is 25.2 Å². The molecule has 0 unspecified atom stereocenters. The van der Waals surface area contributed by atoms with E-state index >= 15 is 0 Å². The number of methoxy groups -OCH3 is 1. The van der Waals surface area contributed by atoms with E-state index in [-0.39, 0.29) is 0 Å². The summed E-state index contributed by atoms with van der Waals surface area (Å²) in [6.07, 6.45) is 4.25. The van der Waals surface area contributed by atoms with Crippen LogP contribution in [0.15, 0.2) is 41.1 Å². The van der Waals surface area contributed by atoms with E-state index in [0.29, 0.717) is 19.2 Å². The smallest absolute Gasteiger partial charge is 0.318 e. The fourth-order valence-electron chi connectivity index (χ4n) is 2.58. The van der Waals surface area contributed by atoms with Crippen molar-refractivity contribution < 1.29 is 13.9 Å². The van der Waals surface area contributed by atoms with Crippen molar-refractivity contribution in [3.8, 4) is 6.01 Å². The van der Waals surface area contributed by atoms with Crippen LogP contribution in [0.3, 0.4) is 0 Å². The van der Waals surface area contributed by atoms with Gasteiger partial charge in [-0.05, 0) is 48.7 Å². The average molecular weight is 327 g/mol. The molecule has 0 fully saturated rings. The van der Waals surface area contributed by atoms with E-state index in [1.54, 1.807) is 19.6 Å². The Kier molecular flexibility index (Phi) is 5.28. The second-order valence-electron chi connectivity index (χ2n) is 5.35. The lowest BCUT2D eigenvalue weighted by Gasteiger charge is -2.11. The van der Waals surface area contributed by atoms with Crippen molar-refractivity contribution in [2.45, 2.75) is 20.0 Å². The SMILES string of the molecule is CCOc1nccc(NCCc2cc3ccoc3cc2COC)n1. The van der Waals surface area contributed by atoms with E-state index in [0.717, 1.165) is 35.3 Å². The fourth-order valence-corrected chi connectivity index (χ4v) is 2.58. The topological polar surface area (TPSA) is 69.4 Å². The number of fused-ring (bicyclic) bond motifs is 1. The minimum atomic E-state index is 0.391. The molecule has 0 bridgehead atoms. The van der Waals surface area contributed by atoms with Crippen LogP contribution in [-0.4, -0.2) is 30.2 Å². The molecule has 0 aliphatic rings. The molecule has 0 saturated carbocycles. The first-order valence-corrected chi connectivity index (χ1v) is 7.98. The van der Waals surface area contributed by atoms with Gasteiger partial charge in [0.25, 0.3) is 0 Å². The van der Waals surface area contributed by atoms with Gasteiger partial charge in [-0.1, -0.05) is 0 Å². The maximum atomic E-state index is 5.47. The van der Waals surface area contributed by atoms with Crippen molar-refractivity contribution in [2.24, 2.45) is 0 Å². The fraction of sp³-hybridized carbons (Fsp3) is 0.333. The summed E-state index contributed by atoms with van der Waals surface area (Å²) in [7, 11) is 1.70. The maximum absolute atomic E-state index is 5.47. The monoisotopic (exact) mass is 327 g/mol. The summed E-state index contributed by atoms with van der Waals surface area (Å²) in [6, 6.07) is 8.40. The Balaban J connectivity index is 1.68. The summed E-state index contributed by atoms with van der Waals surface area (Å²) in [5, 5.41) is 4.41. The third-order valence-corrected chi connectivity index (χ3v) is 3.68. The molecule has 126 valence electrons. The van der Waals surface area contributed by atoms with Gasteiger partial charge >= 0.3 is 6.01 Å². The second-order valence-corrected chi connectivity index (χ2v) is 5.35. The van der Waals surface area contributed by atoms with Crippen LogP contribution in [0.4, 0.5) is 5.82 Å². The number of aromatic nitrogens is 2. The lowest BCUT2D eigenvalue weighted by Crippen LogP contribution is -2.09. The zero-order valence-corrected chi connectivity index (χ0v) is 13.9. The van der Waals surface area contributed by atoms with E-state index in [4.69, 9.17) is 13.9 Å². The summed E-state index contributed by atoms with van der Waals surface area (Å²) in [5.74, 6) is 0.756. The molecule has 0 spiro atoms. The predicted octanol–water partition coefficient (Wildman–Crippen LogP) is 3.42. The molecular weight excluding hydrogens is 306 g/mol. The standard InChI is InChI=1S/C18H21N3O3/c1-3-23-18-20-8-5-17(21-18)19-7-4-13-10-14-6-9-24-16(14)11-15(13)12-22-2/h5-6,8-11H,3-4,7,12H2,1-2H3,(H,19,20,21). The van der Waals surface area contributed by atoms with Crippen LogP contribution in [0.25, 0.3) is 11.0 Å². The minimum absolute atomic E-state index is 0.391. The van der Waals surface area contributed by atoms with Crippen LogP contribution in [0, 0.1) is 0 Å². The first-order chi connectivity index (χ1) is 11.8. The highest BCUT2D eigenvalue weighted by Gasteiger charge is 2.07. The summed E-state index contributed by atoms with van der Waals surface area (Å²) in [6.45, 7) is 3.78. The number of benzene rings is 1. The molecule has 6 heteroatoms. The highest BCUT2D eigenvalue weighted by Crippen LogP contribution is 2.22. The number of nitrogens with one attached hydrogen (secondary N) is 1. The zero-order valence-electron chi connectivity index (χ0n) is 13.9. The van der Waals surface area contributed by atoms with E-state index < -0.39 is 0 Å². The largest absolute Gasteiger partial charge is 0.464 e. The summed E-state index contributed by atoms with van der Waals surface area (Å²) >= 11 is 0. The third kappa shape index (κ3) is 3.83. The molecule has 0 amide bonds. The molecule has 0 saturated heterocycles. The van der Waals surface area contributed by atoms with Crippen LogP contribution in [0.2, 0.25) is 0 Å². The molecule has 1 aromatic carbocycles. The Hall–Kier alpha value is -2.60. The molecule has 24 heavy (non-hydrogen) atoms. The molecular formula is C18H21N3O3. The molecule has 0 aliphatic heterocycles. The summed E-state index contributed by atoms with van der Waals surface area (Å²) in [4.78, 5) is 8.37. The highest BCUT2D eigenvalue weighted by molar-refractivity contribution is 5.79. The van der Waals surface area contributed by atoms with Crippen molar-refractivity contribution in [1.29, 1.82) is 0 Å². The molecule has 0 atom stereocenters. The number of ether oxygens (including phenoxy) is 2. The van der Waals surface area contributed by atoms with Crippen molar-refractivity contribution in [2.75, 3.05) is 25.6 Å². The minimum Gasteiger partial charge on any atom is -0.464 e. The van der Waals surface area contributed by atoms with Crippen molar-refractivity contribution in [3.05, 3.63) is 47.9 Å². The van der Waals surface area contributed by atoms with Crippen molar-refractivity contribution >= 4 is 16.8 Å². The van der Waals surface area contributed by atoms with Crippen molar-refractivity contribution in [1.82, 2.24) is 9.97 Å². The van der Waals surface area contributed by atoms with Gasteiger partial charge in [0.2, 0.25) is 0 Å². The van der Waals surface area contributed by atoms with Gasteiger partial charge in [-0.15, -0.1) is 0 Å². The lowest BCUT2D eigenvalue weighted by molar-refractivity contribution is 0.184. The zero-order chi connectivity index (χ0) is 16.8. The Morgan fingerprint density at radius 2 is 2.12 bits per heavy atom. The van der Waals surface area contributed by atoms with E-state index in [9.17, 15) is 0 Å². The number of hydrogen-bond acceptors (Lipinski definition) is 6. The number of anilines is 1. The molecule has 2 heterocycles. The second kappa shape index (κ2) is 7.79. The Morgan fingerprint density at radius 3 is 2.96 bits per heavy atom. The molecule has 6 nitrogen and oxygen atoms in total. The molecule has 2 aromatic heterocycles. The molecule has 0 radical (unpaired) electrons. The Labute approximate surface area is 140 Å². The molecule has 3 aromatic rings. The van der Waals surface area contributed by atoms with Gasteiger partial charge in [0.15, 0.2) is 0 Å². The maximum Gasteiger partial charge on any atom is 0.318 e. The van der Waals surface area contributed by atoms with Crippen LogP contribution in [-0.2, 0) is 17.8 Å².